The van der Waals surface area contributed by atoms with Gasteiger partial charge in [0.2, 0.25) is 0 Å². The number of nitrogens with one attached hydrogen (secondary N) is 2. The molecule has 0 saturated carbocycles. The van der Waals surface area contributed by atoms with E-state index in [0.717, 1.165) is 10.9 Å². The van der Waals surface area contributed by atoms with Gasteiger partial charge in [-0.2, -0.15) is 0 Å². The van der Waals surface area contributed by atoms with Gasteiger partial charge in [-0.3, -0.25) is 4.79 Å². The van der Waals surface area contributed by atoms with Crippen LogP contribution in [0.1, 0.15) is 10.4 Å². The summed E-state index contributed by atoms with van der Waals surface area (Å²) >= 11 is 0. The van der Waals surface area contributed by atoms with Crippen molar-refractivity contribution >= 4 is 16.8 Å². The molecule has 0 aliphatic heterocycles. The van der Waals surface area contributed by atoms with Crippen molar-refractivity contribution in [2.24, 2.45) is 0 Å². The molecule has 4 nitrogen and oxygen atoms in total. The summed E-state index contributed by atoms with van der Waals surface area (Å²) < 4.78 is 0. The van der Waals surface area contributed by atoms with Crippen molar-refractivity contribution in [1.82, 2.24) is 10.3 Å². The Hall–Kier alpha value is -1.81. The first kappa shape index (κ1) is 9.73. The number of benzene rings is 1. The number of aromatic amines is 1. The second kappa shape index (κ2) is 4.14. The Morgan fingerprint density at radius 2 is 2.20 bits per heavy atom. The first-order valence-electron chi connectivity index (χ1n) is 4.78. The summed E-state index contributed by atoms with van der Waals surface area (Å²) in [5.41, 5.74) is 1.55. The van der Waals surface area contributed by atoms with Gasteiger partial charge >= 0.3 is 0 Å². The van der Waals surface area contributed by atoms with Crippen LogP contribution in [0.2, 0.25) is 0 Å². The molecule has 2 aromatic rings. The second-order valence-corrected chi connectivity index (χ2v) is 3.23. The predicted octanol–water partition coefficient (Wildman–Crippen LogP) is 0.890. The maximum Gasteiger partial charge on any atom is 0.253 e. The molecule has 0 bridgehead atoms. The van der Waals surface area contributed by atoms with Gasteiger partial charge in [-0.25, -0.2) is 0 Å². The fraction of sp³-hybridized carbons (Fsp3) is 0.182. The lowest BCUT2D eigenvalue weighted by Crippen LogP contribution is -2.26. The van der Waals surface area contributed by atoms with Gasteiger partial charge in [0, 0.05) is 23.6 Å². The third kappa shape index (κ3) is 1.85. The van der Waals surface area contributed by atoms with Gasteiger partial charge in [0.05, 0.1) is 12.2 Å². The van der Waals surface area contributed by atoms with Crippen LogP contribution in [-0.4, -0.2) is 29.1 Å². The first-order valence-corrected chi connectivity index (χ1v) is 4.78. The fourth-order valence-electron chi connectivity index (χ4n) is 1.52. The van der Waals surface area contributed by atoms with Crippen LogP contribution in [-0.2, 0) is 0 Å². The number of carbonyl (C=O) groups excluding carboxylic acids is 1. The van der Waals surface area contributed by atoms with Gasteiger partial charge in [-0.1, -0.05) is 18.2 Å². The van der Waals surface area contributed by atoms with Crippen LogP contribution in [0.4, 0.5) is 0 Å². The molecule has 2 rings (SSSR count). The maximum absolute atomic E-state index is 11.6. The molecule has 78 valence electrons. The summed E-state index contributed by atoms with van der Waals surface area (Å²) in [6.45, 7) is 0.229. The van der Waals surface area contributed by atoms with Crippen LogP contribution in [0, 0.1) is 0 Å². The second-order valence-electron chi connectivity index (χ2n) is 3.23. The Morgan fingerprint density at radius 3 is 3.00 bits per heavy atom. The normalized spacial score (nSPS) is 10.5. The minimum Gasteiger partial charge on any atom is -0.395 e. The minimum absolute atomic E-state index is 0.0475. The summed E-state index contributed by atoms with van der Waals surface area (Å²) in [4.78, 5) is 14.7. The Morgan fingerprint density at radius 1 is 1.40 bits per heavy atom. The standard InChI is InChI=1S/C11H12N2O2/c14-6-5-12-11(15)9-7-13-10-4-2-1-3-8(9)10/h1-4,7,13-14H,5-6H2,(H,12,15). The van der Waals surface area contributed by atoms with Crippen molar-refractivity contribution in [2.75, 3.05) is 13.2 Å². The van der Waals surface area contributed by atoms with E-state index in [2.05, 4.69) is 10.3 Å². The summed E-state index contributed by atoms with van der Waals surface area (Å²) in [7, 11) is 0. The highest BCUT2D eigenvalue weighted by atomic mass is 16.3. The van der Waals surface area contributed by atoms with Crippen LogP contribution in [0.5, 0.6) is 0 Å². The summed E-state index contributed by atoms with van der Waals surface area (Å²) in [5.74, 6) is -0.165. The van der Waals surface area contributed by atoms with Gasteiger partial charge in [0.15, 0.2) is 0 Å². The lowest BCUT2D eigenvalue weighted by atomic mass is 10.1. The molecule has 0 atom stereocenters. The predicted molar refractivity (Wildman–Crippen MR) is 57.7 cm³/mol. The monoisotopic (exact) mass is 204 g/mol. The van der Waals surface area contributed by atoms with Gasteiger partial charge in [0.25, 0.3) is 5.91 Å². The third-order valence-corrected chi connectivity index (χ3v) is 2.23. The zero-order valence-electron chi connectivity index (χ0n) is 8.16. The molecule has 0 fully saturated rings. The van der Waals surface area contributed by atoms with Crippen molar-refractivity contribution in [3.63, 3.8) is 0 Å². The molecule has 1 amide bonds. The minimum atomic E-state index is -0.165. The molecule has 0 spiro atoms. The molecule has 1 heterocycles. The van der Waals surface area contributed by atoms with Crippen LogP contribution in [0.25, 0.3) is 10.9 Å². The van der Waals surface area contributed by atoms with Crippen molar-refractivity contribution in [3.05, 3.63) is 36.0 Å². The topological polar surface area (TPSA) is 65.1 Å². The van der Waals surface area contributed by atoms with Gasteiger partial charge in [-0.15, -0.1) is 0 Å². The van der Waals surface area contributed by atoms with E-state index < -0.39 is 0 Å². The molecule has 0 saturated heterocycles. The van der Waals surface area contributed by atoms with Crippen LogP contribution in [0.15, 0.2) is 30.5 Å². The summed E-state index contributed by atoms with van der Waals surface area (Å²) in [5, 5.41) is 12.1. The smallest absolute Gasteiger partial charge is 0.253 e. The van der Waals surface area contributed by atoms with E-state index in [-0.39, 0.29) is 19.1 Å². The number of aliphatic hydroxyl groups excluding tert-OH is 1. The van der Waals surface area contributed by atoms with Gasteiger partial charge in [0.1, 0.15) is 0 Å². The summed E-state index contributed by atoms with van der Waals surface area (Å²) in [6.07, 6.45) is 1.68. The van der Waals surface area contributed by atoms with E-state index in [1.54, 1.807) is 6.20 Å². The Kier molecular flexibility index (Phi) is 2.69. The highest BCUT2D eigenvalue weighted by Crippen LogP contribution is 2.17. The van der Waals surface area contributed by atoms with E-state index in [9.17, 15) is 4.79 Å². The van der Waals surface area contributed by atoms with E-state index in [4.69, 9.17) is 5.11 Å². The number of aliphatic hydroxyl groups is 1. The molecule has 1 aromatic carbocycles. The first-order chi connectivity index (χ1) is 7.33. The quantitative estimate of drug-likeness (QED) is 0.695. The number of H-pyrrole nitrogens is 1. The van der Waals surface area contributed by atoms with Gasteiger partial charge in [-0.05, 0) is 6.07 Å². The number of aromatic nitrogens is 1. The fourth-order valence-corrected chi connectivity index (χ4v) is 1.52. The number of amides is 1. The van der Waals surface area contributed by atoms with Crippen LogP contribution < -0.4 is 5.32 Å². The van der Waals surface area contributed by atoms with Crippen molar-refractivity contribution < 1.29 is 9.90 Å². The largest absolute Gasteiger partial charge is 0.395 e. The van der Waals surface area contributed by atoms with Gasteiger partial charge < -0.3 is 15.4 Å². The molecule has 15 heavy (non-hydrogen) atoms. The lowest BCUT2D eigenvalue weighted by molar-refractivity contribution is 0.0946. The number of rotatable bonds is 3. The van der Waals surface area contributed by atoms with Crippen molar-refractivity contribution in [3.8, 4) is 0 Å². The molecule has 0 unspecified atom stereocenters. The van der Waals surface area contributed by atoms with Crippen molar-refractivity contribution in [1.29, 1.82) is 0 Å². The highest BCUT2D eigenvalue weighted by molar-refractivity contribution is 6.06. The maximum atomic E-state index is 11.6. The number of hydrogen-bond donors (Lipinski definition) is 3. The average Bonchev–Trinajstić information content (AvgIpc) is 2.69. The third-order valence-electron chi connectivity index (χ3n) is 2.23. The number of para-hydroxylation sites is 1. The van der Waals surface area contributed by atoms with E-state index in [1.807, 2.05) is 24.3 Å². The molecule has 0 aliphatic carbocycles. The zero-order valence-corrected chi connectivity index (χ0v) is 8.16. The Labute approximate surface area is 86.9 Å². The molecular weight excluding hydrogens is 192 g/mol. The zero-order chi connectivity index (χ0) is 10.7. The Bertz CT molecular complexity index is 476. The Balaban J connectivity index is 2.31. The van der Waals surface area contributed by atoms with Crippen molar-refractivity contribution in [2.45, 2.75) is 0 Å². The SMILES string of the molecule is O=C(NCCO)c1c[nH]c2ccccc12. The highest BCUT2D eigenvalue weighted by Gasteiger charge is 2.10. The molecule has 1 aromatic heterocycles. The summed E-state index contributed by atoms with van der Waals surface area (Å²) in [6, 6.07) is 7.60. The van der Waals surface area contributed by atoms with Crippen LogP contribution >= 0.6 is 0 Å². The van der Waals surface area contributed by atoms with E-state index in [1.165, 1.54) is 0 Å². The molecule has 0 radical (unpaired) electrons. The lowest BCUT2D eigenvalue weighted by Gasteiger charge is -2.00. The number of fused-ring (bicyclic) bond motifs is 1. The number of hydrogen-bond acceptors (Lipinski definition) is 2. The molecular formula is C11H12N2O2. The number of carbonyl (C=O) groups is 1. The molecule has 0 aliphatic rings. The average molecular weight is 204 g/mol. The van der Waals surface area contributed by atoms with Crippen LogP contribution in [0.3, 0.4) is 0 Å². The van der Waals surface area contributed by atoms with E-state index in [0.29, 0.717) is 5.56 Å². The van der Waals surface area contributed by atoms with E-state index >= 15 is 0 Å². The molecule has 4 heteroatoms. The molecule has 3 N–H and O–H groups in total.